The molecule has 36 heavy (non-hydrogen) atoms. The first kappa shape index (κ1) is 31.3. The van der Waals surface area contributed by atoms with Crippen LogP contribution in [0.25, 0.3) is 0 Å². The van der Waals surface area contributed by atoms with Crippen molar-refractivity contribution in [3.8, 4) is 0 Å². The van der Waals surface area contributed by atoms with E-state index in [9.17, 15) is 14.4 Å². The Labute approximate surface area is 217 Å². The van der Waals surface area contributed by atoms with Crippen molar-refractivity contribution < 1.29 is 28.6 Å². The molecule has 0 bridgehead atoms. The van der Waals surface area contributed by atoms with Gasteiger partial charge in [0.1, 0.15) is 16.8 Å². The molecule has 0 radical (unpaired) electrons. The largest absolute Gasteiger partial charge is 0.444 e. The maximum absolute atomic E-state index is 13.1. The molecule has 1 rings (SSSR count). The van der Waals surface area contributed by atoms with Gasteiger partial charge in [-0.2, -0.15) is 0 Å². The summed E-state index contributed by atoms with van der Waals surface area (Å²) < 4.78 is 16.4. The third kappa shape index (κ3) is 12.8. The second-order valence-corrected chi connectivity index (χ2v) is 12.0. The molecule has 0 aromatic carbocycles. The first-order valence-electron chi connectivity index (χ1n) is 12.7. The summed E-state index contributed by atoms with van der Waals surface area (Å²) >= 11 is 0. The highest BCUT2D eigenvalue weighted by atomic mass is 16.6. The van der Waals surface area contributed by atoms with E-state index in [1.165, 1.54) is 10.5 Å². The average molecular weight is 510 g/mol. The highest BCUT2D eigenvalue weighted by Gasteiger charge is 2.30. The van der Waals surface area contributed by atoms with E-state index in [0.717, 1.165) is 24.8 Å². The molecule has 0 spiro atoms. The Morgan fingerprint density at radius 2 is 1.44 bits per heavy atom. The number of hydrogen-bond donors (Lipinski definition) is 2. The highest BCUT2D eigenvalue weighted by Crippen LogP contribution is 2.32. The lowest BCUT2D eigenvalue weighted by Gasteiger charge is -2.34. The van der Waals surface area contributed by atoms with Gasteiger partial charge in [0.05, 0.1) is 6.04 Å². The van der Waals surface area contributed by atoms with Crippen LogP contribution in [0, 0.1) is 0 Å². The molecule has 1 unspecified atom stereocenters. The predicted molar refractivity (Wildman–Crippen MR) is 141 cm³/mol. The van der Waals surface area contributed by atoms with Crippen molar-refractivity contribution in [2.75, 3.05) is 19.6 Å². The van der Waals surface area contributed by atoms with Crippen molar-refractivity contribution in [3.05, 3.63) is 23.8 Å². The zero-order valence-electron chi connectivity index (χ0n) is 23.7. The van der Waals surface area contributed by atoms with Gasteiger partial charge in [-0.1, -0.05) is 11.6 Å². The summed E-state index contributed by atoms with van der Waals surface area (Å²) in [4.78, 5) is 39.5. The normalized spacial score (nSPS) is 14.6. The zero-order valence-corrected chi connectivity index (χ0v) is 23.7. The number of nitrogens with one attached hydrogen (secondary N) is 2. The van der Waals surface area contributed by atoms with Gasteiger partial charge in [-0.25, -0.2) is 14.4 Å². The first-order chi connectivity index (χ1) is 16.4. The number of rotatable bonds is 9. The van der Waals surface area contributed by atoms with E-state index < -0.39 is 41.1 Å². The van der Waals surface area contributed by atoms with Crippen LogP contribution in [0.2, 0.25) is 0 Å². The Bertz CT molecular complexity index is 809. The molecule has 1 atom stereocenters. The molecule has 9 heteroatoms. The van der Waals surface area contributed by atoms with Crippen LogP contribution < -0.4 is 10.6 Å². The molecule has 1 fully saturated rings. The quantitative estimate of drug-likeness (QED) is 0.305. The summed E-state index contributed by atoms with van der Waals surface area (Å²) in [5.41, 5.74) is 0.270. The summed E-state index contributed by atoms with van der Waals surface area (Å²) in [5.74, 6) is 0. The second-order valence-electron chi connectivity index (χ2n) is 12.0. The van der Waals surface area contributed by atoms with Gasteiger partial charge < -0.3 is 29.7 Å². The van der Waals surface area contributed by atoms with Crippen molar-refractivity contribution in [2.45, 2.75) is 111 Å². The minimum atomic E-state index is -0.710. The molecule has 3 amide bonds. The topological polar surface area (TPSA) is 106 Å². The lowest BCUT2D eigenvalue weighted by molar-refractivity contribution is 0.0213. The molecular formula is C27H47N3O6. The zero-order chi connectivity index (χ0) is 27.7. The van der Waals surface area contributed by atoms with E-state index in [1.807, 2.05) is 0 Å². The minimum absolute atomic E-state index is 0.150. The van der Waals surface area contributed by atoms with E-state index in [0.29, 0.717) is 6.42 Å². The van der Waals surface area contributed by atoms with E-state index in [-0.39, 0.29) is 19.6 Å². The van der Waals surface area contributed by atoms with Crippen LogP contribution in [-0.4, -0.2) is 65.7 Å². The Morgan fingerprint density at radius 3 is 1.89 bits per heavy atom. The maximum atomic E-state index is 13.1. The van der Waals surface area contributed by atoms with Crippen LogP contribution in [-0.2, 0) is 14.2 Å². The van der Waals surface area contributed by atoms with Crippen molar-refractivity contribution in [2.24, 2.45) is 0 Å². The predicted octanol–water partition coefficient (Wildman–Crippen LogP) is 5.70. The molecule has 1 aliphatic carbocycles. The number of hydrogen-bond acceptors (Lipinski definition) is 6. The van der Waals surface area contributed by atoms with Crippen LogP contribution in [0.4, 0.5) is 14.4 Å². The molecule has 0 saturated heterocycles. The lowest BCUT2D eigenvalue weighted by atomic mass is 9.83. The summed E-state index contributed by atoms with van der Waals surface area (Å²) in [7, 11) is 0. The van der Waals surface area contributed by atoms with Gasteiger partial charge in [-0.15, -0.1) is 6.58 Å². The molecule has 0 aromatic rings. The smallest absolute Gasteiger partial charge is 0.410 e. The summed E-state index contributed by atoms with van der Waals surface area (Å²) in [6.45, 7) is 20.4. The Morgan fingerprint density at radius 1 is 0.917 bits per heavy atom. The maximum Gasteiger partial charge on any atom is 0.410 e. The Hall–Kier alpha value is -2.71. The standard InChI is InChI=1S/C27H47N3O6/c1-11-13-20(19-14-12-15-19)21(29-23(32)35-26(5,6)7)18-30(24(33)36-27(8,9)10)17-16-28-22(31)34-25(2,3)4/h11,21H,1,12-18H2,2-10H3,(H,28,31)(H,29,32). The van der Waals surface area contributed by atoms with Gasteiger partial charge >= 0.3 is 18.3 Å². The molecule has 1 aliphatic rings. The third-order valence-electron chi connectivity index (χ3n) is 4.99. The van der Waals surface area contributed by atoms with Crippen LogP contribution in [0.1, 0.15) is 88.0 Å². The van der Waals surface area contributed by atoms with Gasteiger partial charge in [0.25, 0.3) is 0 Å². The fourth-order valence-corrected chi connectivity index (χ4v) is 3.47. The van der Waals surface area contributed by atoms with Crippen molar-refractivity contribution >= 4 is 18.3 Å². The van der Waals surface area contributed by atoms with Crippen LogP contribution in [0.15, 0.2) is 23.8 Å². The molecule has 9 nitrogen and oxygen atoms in total. The fraction of sp³-hybridized carbons (Fsp3) is 0.741. The number of ether oxygens (including phenoxy) is 3. The second kappa shape index (κ2) is 13.0. The van der Waals surface area contributed by atoms with Gasteiger partial charge in [0, 0.05) is 19.6 Å². The number of carbonyl (C=O) groups excluding carboxylic acids is 3. The van der Waals surface area contributed by atoms with Crippen LogP contribution in [0.3, 0.4) is 0 Å². The first-order valence-corrected chi connectivity index (χ1v) is 12.7. The Balaban J connectivity index is 3.15. The van der Waals surface area contributed by atoms with Crippen LogP contribution >= 0.6 is 0 Å². The number of allylic oxidation sites excluding steroid dienone is 2. The van der Waals surface area contributed by atoms with Gasteiger partial charge in [0.15, 0.2) is 0 Å². The summed E-state index contributed by atoms with van der Waals surface area (Å²) in [6, 6.07) is -0.498. The minimum Gasteiger partial charge on any atom is -0.444 e. The third-order valence-corrected chi connectivity index (χ3v) is 4.99. The van der Waals surface area contributed by atoms with E-state index in [1.54, 1.807) is 68.4 Å². The monoisotopic (exact) mass is 509 g/mol. The van der Waals surface area contributed by atoms with Crippen molar-refractivity contribution in [1.29, 1.82) is 0 Å². The molecule has 0 aliphatic heterocycles. The van der Waals surface area contributed by atoms with Gasteiger partial charge in [0.2, 0.25) is 0 Å². The highest BCUT2D eigenvalue weighted by molar-refractivity contribution is 5.71. The number of alkyl carbamates (subject to hydrolysis) is 2. The molecule has 2 N–H and O–H groups in total. The fourth-order valence-electron chi connectivity index (χ4n) is 3.47. The van der Waals surface area contributed by atoms with E-state index in [2.05, 4.69) is 17.2 Å². The van der Waals surface area contributed by atoms with Crippen molar-refractivity contribution in [3.63, 3.8) is 0 Å². The molecular weight excluding hydrogens is 462 g/mol. The molecule has 0 heterocycles. The average Bonchev–Trinajstić information content (AvgIpc) is 2.60. The van der Waals surface area contributed by atoms with Crippen molar-refractivity contribution in [1.82, 2.24) is 15.5 Å². The Kier molecular flexibility index (Phi) is 11.3. The van der Waals surface area contributed by atoms with E-state index >= 15 is 0 Å². The lowest BCUT2D eigenvalue weighted by Crippen LogP contribution is -2.51. The number of amides is 3. The molecule has 206 valence electrons. The summed E-state index contributed by atoms with van der Waals surface area (Å²) in [6.07, 6.45) is 3.68. The number of carbonyl (C=O) groups is 3. The van der Waals surface area contributed by atoms with Gasteiger partial charge in [-0.3, -0.25) is 0 Å². The number of nitrogens with zero attached hydrogens (tertiary/aromatic N) is 1. The van der Waals surface area contributed by atoms with Crippen LogP contribution in [0.5, 0.6) is 0 Å². The summed E-state index contributed by atoms with van der Waals surface area (Å²) in [5, 5.41) is 5.64. The SMILES string of the molecule is C=CCC(=C1CCC1)C(CN(CCNC(=O)OC(C)(C)C)C(=O)OC(C)(C)C)NC(=O)OC(C)(C)C. The van der Waals surface area contributed by atoms with E-state index in [4.69, 9.17) is 14.2 Å². The molecule has 0 aromatic heterocycles. The molecule has 1 saturated carbocycles. The van der Waals surface area contributed by atoms with Gasteiger partial charge in [-0.05, 0) is 93.6 Å².